The van der Waals surface area contributed by atoms with Crippen molar-refractivity contribution < 1.29 is 14.1 Å². The zero-order valence-electron chi connectivity index (χ0n) is 8.97. The average molecular weight is 268 g/mol. The maximum absolute atomic E-state index is 12.9. The number of rotatable bonds is 3. The number of nitro benzene ring substituents is 1. The van der Waals surface area contributed by atoms with E-state index >= 15 is 0 Å². The fraction of sp³-hybridized carbons (Fsp3) is 0. The molecule has 0 unspecified atom stereocenters. The van der Waals surface area contributed by atoms with Crippen molar-refractivity contribution in [2.24, 2.45) is 0 Å². The fourth-order valence-corrected chi connectivity index (χ4v) is 1.56. The third kappa shape index (κ3) is 2.75. The lowest BCUT2D eigenvalue weighted by Gasteiger charge is -2.07. The third-order valence-electron chi connectivity index (χ3n) is 2.15. The number of benzene rings is 2. The highest BCUT2D eigenvalue weighted by molar-refractivity contribution is 6.32. The van der Waals surface area contributed by atoms with Gasteiger partial charge in [-0.15, -0.1) is 0 Å². The molecule has 2 rings (SSSR count). The molecule has 0 aromatic heterocycles. The first-order valence-corrected chi connectivity index (χ1v) is 5.31. The van der Waals surface area contributed by atoms with Crippen molar-refractivity contribution >= 4 is 17.3 Å². The number of nitro groups is 1. The van der Waals surface area contributed by atoms with Crippen molar-refractivity contribution in [3.63, 3.8) is 0 Å². The van der Waals surface area contributed by atoms with Crippen molar-refractivity contribution in [3.05, 3.63) is 63.4 Å². The van der Waals surface area contributed by atoms with Crippen LogP contribution in [0.15, 0.2) is 42.5 Å². The Labute approximate surface area is 107 Å². The standard InChI is InChI=1S/C12H7ClFNO3/c13-11-7-9(15(16)17)4-5-12(11)18-10-3-1-2-8(14)6-10/h1-7H. The summed E-state index contributed by atoms with van der Waals surface area (Å²) in [5, 5.41) is 10.6. The van der Waals surface area contributed by atoms with E-state index in [4.69, 9.17) is 16.3 Å². The van der Waals surface area contributed by atoms with E-state index in [0.29, 0.717) is 0 Å². The Morgan fingerprint density at radius 3 is 2.61 bits per heavy atom. The molecule has 92 valence electrons. The second-order valence-corrected chi connectivity index (χ2v) is 3.84. The Morgan fingerprint density at radius 2 is 2.00 bits per heavy atom. The summed E-state index contributed by atoms with van der Waals surface area (Å²) in [5.74, 6) is 0.0594. The molecular weight excluding hydrogens is 261 g/mol. The van der Waals surface area contributed by atoms with E-state index in [1.807, 2.05) is 0 Å². The van der Waals surface area contributed by atoms with E-state index in [1.165, 1.54) is 36.4 Å². The van der Waals surface area contributed by atoms with E-state index < -0.39 is 10.7 Å². The molecule has 0 radical (unpaired) electrons. The molecule has 0 aliphatic carbocycles. The molecule has 0 atom stereocenters. The van der Waals surface area contributed by atoms with Crippen LogP contribution in [0.5, 0.6) is 11.5 Å². The maximum Gasteiger partial charge on any atom is 0.271 e. The van der Waals surface area contributed by atoms with Gasteiger partial charge in [0.1, 0.15) is 17.3 Å². The van der Waals surface area contributed by atoms with Gasteiger partial charge in [0, 0.05) is 18.2 Å². The Balaban J connectivity index is 2.27. The van der Waals surface area contributed by atoms with Crippen LogP contribution in [0.3, 0.4) is 0 Å². The minimum absolute atomic E-state index is 0.0912. The molecule has 0 bridgehead atoms. The molecule has 0 heterocycles. The molecule has 4 nitrogen and oxygen atoms in total. The van der Waals surface area contributed by atoms with Crippen molar-refractivity contribution in [1.29, 1.82) is 0 Å². The highest BCUT2D eigenvalue weighted by Gasteiger charge is 2.11. The van der Waals surface area contributed by atoms with Gasteiger partial charge >= 0.3 is 0 Å². The van der Waals surface area contributed by atoms with Gasteiger partial charge in [0.25, 0.3) is 5.69 Å². The summed E-state index contributed by atoms with van der Waals surface area (Å²) < 4.78 is 18.3. The second kappa shape index (κ2) is 5.01. The van der Waals surface area contributed by atoms with Gasteiger partial charge in [-0.05, 0) is 18.2 Å². The van der Waals surface area contributed by atoms with Crippen molar-refractivity contribution in [2.45, 2.75) is 0 Å². The number of hydrogen-bond donors (Lipinski definition) is 0. The average Bonchev–Trinajstić information content (AvgIpc) is 2.31. The van der Waals surface area contributed by atoms with Gasteiger partial charge in [0.15, 0.2) is 0 Å². The van der Waals surface area contributed by atoms with Crippen LogP contribution in [-0.4, -0.2) is 4.92 Å². The number of non-ortho nitro benzene ring substituents is 1. The summed E-state index contributed by atoms with van der Waals surface area (Å²) in [5.41, 5.74) is -0.133. The van der Waals surface area contributed by atoms with Crippen molar-refractivity contribution in [3.8, 4) is 11.5 Å². The molecular formula is C12H7ClFNO3. The van der Waals surface area contributed by atoms with Gasteiger partial charge in [-0.2, -0.15) is 0 Å². The van der Waals surface area contributed by atoms with E-state index in [2.05, 4.69) is 0 Å². The monoisotopic (exact) mass is 267 g/mol. The maximum atomic E-state index is 12.9. The third-order valence-corrected chi connectivity index (χ3v) is 2.45. The van der Waals surface area contributed by atoms with Gasteiger partial charge in [-0.25, -0.2) is 4.39 Å². The lowest BCUT2D eigenvalue weighted by Crippen LogP contribution is -1.90. The lowest BCUT2D eigenvalue weighted by molar-refractivity contribution is -0.384. The molecule has 0 aliphatic heterocycles. The number of hydrogen-bond acceptors (Lipinski definition) is 3. The zero-order chi connectivity index (χ0) is 13.1. The largest absolute Gasteiger partial charge is 0.456 e. The van der Waals surface area contributed by atoms with Crippen LogP contribution in [0.25, 0.3) is 0 Å². The van der Waals surface area contributed by atoms with E-state index in [9.17, 15) is 14.5 Å². The molecule has 0 fully saturated rings. The number of halogens is 2. The molecule has 0 aliphatic rings. The molecule has 0 N–H and O–H groups in total. The highest BCUT2D eigenvalue weighted by Crippen LogP contribution is 2.32. The van der Waals surface area contributed by atoms with Crippen molar-refractivity contribution in [2.75, 3.05) is 0 Å². The summed E-state index contributed by atoms with van der Waals surface area (Å²) in [6.07, 6.45) is 0. The van der Waals surface area contributed by atoms with Crippen LogP contribution in [-0.2, 0) is 0 Å². The van der Waals surface area contributed by atoms with E-state index in [1.54, 1.807) is 6.07 Å². The predicted octanol–water partition coefficient (Wildman–Crippen LogP) is 4.18. The molecule has 2 aromatic carbocycles. The number of nitrogens with zero attached hydrogens (tertiary/aromatic N) is 1. The van der Waals surface area contributed by atoms with Gasteiger partial charge in [0.2, 0.25) is 0 Å². The minimum atomic E-state index is -0.558. The topological polar surface area (TPSA) is 52.4 Å². The normalized spacial score (nSPS) is 10.1. The zero-order valence-corrected chi connectivity index (χ0v) is 9.73. The van der Waals surface area contributed by atoms with Crippen LogP contribution in [0.2, 0.25) is 5.02 Å². The predicted molar refractivity (Wildman–Crippen MR) is 64.6 cm³/mol. The van der Waals surface area contributed by atoms with Crippen molar-refractivity contribution in [1.82, 2.24) is 0 Å². The Kier molecular flexibility index (Phi) is 3.43. The molecule has 0 amide bonds. The van der Waals surface area contributed by atoms with Gasteiger partial charge in [0.05, 0.1) is 9.95 Å². The van der Waals surface area contributed by atoms with E-state index in [0.717, 1.165) is 0 Å². The first-order valence-electron chi connectivity index (χ1n) is 4.93. The van der Waals surface area contributed by atoms with Gasteiger partial charge in [-0.1, -0.05) is 17.7 Å². The Hall–Kier alpha value is -2.14. The molecule has 18 heavy (non-hydrogen) atoms. The molecule has 2 aromatic rings. The Morgan fingerprint density at radius 1 is 1.22 bits per heavy atom. The van der Waals surface area contributed by atoms with Gasteiger partial charge in [-0.3, -0.25) is 10.1 Å². The van der Waals surface area contributed by atoms with Crippen LogP contribution >= 0.6 is 11.6 Å². The summed E-state index contributed by atoms with van der Waals surface area (Å²) in [6, 6.07) is 9.33. The smallest absolute Gasteiger partial charge is 0.271 e. The first-order chi connectivity index (χ1) is 8.56. The summed E-state index contributed by atoms with van der Waals surface area (Å²) >= 11 is 5.84. The molecule has 0 spiro atoms. The van der Waals surface area contributed by atoms with E-state index in [-0.39, 0.29) is 22.2 Å². The molecule has 6 heteroatoms. The SMILES string of the molecule is O=[N+]([O-])c1ccc(Oc2cccc(F)c2)c(Cl)c1. The quantitative estimate of drug-likeness (QED) is 0.619. The summed E-state index contributed by atoms with van der Waals surface area (Å²) in [4.78, 5) is 9.97. The summed E-state index contributed by atoms with van der Waals surface area (Å²) in [6.45, 7) is 0. The first kappa shape index (κ1) is 12.3. The molecule has 0 saturated heterocycles. The summed E-state index contributed by atoms with van der Waals surface area (Å²) in [7, 11) is 0. The van der Waals surface area contributed by atoms with Crippen LogP contribution in [0.1, 0.15) is 0 Å². The van der Waals surface area contributed by atoms with Crippen LogP contribution in [0.4, 0.5) is 10.1 Å². The minimum Gasteiger partial charge on any atom is -0.456 e. The molecule has 0 saturated carbocycles. The Bertz CT molecular complexity index is 604. The number of ether oxygens (including phenoxy) is 1. The fourth-order valence-electron chi connectivity index (χ4n) is 1.34. The van der Waals surface area contributed by atoms with Gasteiger partial charge < -0.3 is 4.74 Å². The van der Waals surface area contributed by atoms with Crippen LogP contribution < -0.4 is 4.74 Å². The van der Waals surface area contributed by atoms with Crippen LogP contribution in [0, 0.1) is 15.9 Å². The highest BCUT2D eigenvalue weighted by atomic mass is 35.5. The second-order valence-electron chi connectivity index (χ2n) is 3.43. The lowest BCUT2D eigenvalue weighted by atomic mass is 10.3.